The minimum absolute atomic E-state index is 0.487. The zero-order chi connectivity index (χ0) is 12.0. The first-order valence-corrected chi connectivity index (χ1v) is 7.00. The van der Waals surface area contributed by atoms with Gasteiger partial charge in [-0.2, -0.15) is 0 Å². The van der Waals surface area contributed by atoms with Gasteiger partial charge in [0.1, 0.15) is 0 Å². The Morgan fingerprint density at radius 3 is 2.69 bits per heavy atom. The highest BCUT2D eigenvalue weighted by atomic mass is 15.2. The third-order valence-corrected chi connectivity index (χ3v) is 3.73. The molecule has 1 saturated heterocycles. The van der Waals surface area contributed by atoms with Gasteiger partial charge in [-0.1, -0.05) is 40.0 Å². The zero-order valence-electron chi connectivity index (χ0n) is 11.7. The fraction of sp³-hybridized carbons (Fsp3) is 1.00. The van der Waals surface area contributed by atoms with E-state index >= 15 is 0 Å². The molecule has 1 rings (SSSR count). The van der Waals surface area contributed by atoms with Crippen LogP contribution in [0.15, 0.2) is 0 Å². The summed E-state index contributed by atoms with van der Waals surface area (Å²) in [6.07, 6.45) is 5.49. The van der Waals surface area contributed by atoms with E-state index in [-0.39, 0.29) is 0 Å². The summed E-state index contributed by atoms with van der Waals surface area (Å²) in [6, 6.07) is 0.708. The number of rotatable bonds is 6. The molecule has 0 spiro atoms. The van der Waals surface area contributed by atoms with E-state index in [0.717, 1.165) is 13.1 Å². The molecule has 1 heterocycles. The Labute approximate surface area is 102 Å². The van der Waals surface area contributed by atoms with Crippen LogP contribution in [0.5, 0.6) is 0 Å². The maximum Gasteiger partial charge on any atom is 0.0193 e. The fourth-order valence-electron chi connectivity index (χ4n) is 2.60. The van der Waals surface area contributed by atoms with Crippen LogP contribution < -0.4 is 5.32 Å². The van der Waals surface area contributed by atoms with Crippen LogP contribution in [0.25, 0.3) is 0 Å². The fourth-order valence-corrected chi connectivity index (χ4v) is 2.60. The lowest BCUT2D eigenvalue weighted by Gasteiger charge is -2.39. The van der Waals surface area contributed by atoms with Crippen molar-refractivity contribution < 1.29 is 0 Å². The lowest BCUT2D eigenvalue weighted by molar-refractivity contribution is 0.108. The van der Waals surface area contributed by atoms with Crippen molar-refractivity contribution in [3.05, 3.63) is 0 Å². The number of nitrogens with zero attached hydrogens (tertiary/aromatic N) is 1. The van der Waals surface area contributed by atoms with E-state index in [0.29, 0.717) is 11.5 Å². The minimum Gasteiger partial charge on any atom is -0.314 e. The minimum atomic E-state index is 0.487. The van der Waals surface area contributed by atoms with Crippen LogP contribution >= 0.6 is 0 Å². The summed E-state index contributed by atoms with van der Waals surface area (Å²) in [4.78, 5) is 2.66. The number of unbranched alkanes of at least 4 members (excludes halogenated alkanes) is 2. The second kappa shape index (κ2) is 6.61. The molecule has 1 atom stereocenters. The van der Waals surface area contributed by atoms with Crippen molar-refractivity contribution in [3.63, 3.8) is 0 Å². The third kappa shape index (κ3) is 4.84. The molecule has 16 heavy (non-hydrogen) atoms. The SMILES string of the molecule is CCCCCC(C)(C)CN1CCNCC1C. The standard InChI is InChI=1S/C14H30N2/c1-5-6-7-8-14(3,4)12-16-10-9-15-11-13(16)2/h13,15H,5-12H2,1-4H3. The van der Waals surface area contributed by atoms with Crippen molar-refractivity contribution in [1.29, 1.82) is 0 Å². The Hall–Kier alpha value is -0.0800. The van der Waals surface area contributed by atoms with E-state index < -0.39 is 0 Å². The molecule has 0 saturated carbocycles. The topological polar surface area (TPSA) is 15.3 Å². The van der Waals surface area contributed by atoms with E-state index in [4.69, 9.17) is 0 Å². The lowest BCUT2D eigenvalue weighted by Crippen LogP contribution is -2.52. The highest BCUT2D eigenvalue weighted by molar-refractivity contribution is 4.81. The predicted octanol–water partition coefficient (Wildman–Crippen LogP) is 2.89. The van der Waals surface area contributed by atoms with Gasteiger partial charge in [0.05, 0.1) is 0 Å². The number of hydrogen-bond acceptors (Lipinski definition) is 2. The third-order valence-electron chi connectivity index (χ3n) is 3.73. The van der Waals surface area contributed by atoms with E-state index in [1.165, 1.54) is 38.8 Å². The molecule has 96 valence electrons. The molecule has 1 aliphatic rings. The van der Waals surface area contributed by atoms with E-state index in [2.05, 4.69) is 37.9 Å². The second-order valence-corrected chi connectivity index (χ2v) is 6.14. The highest BCUT2D eigenvalue weighted by Crippen LogP contribution is 2.26. The van der Waals surface area contributed by atoms with Gasteiger partial charge in [0.15, 0.2) is 0 Å². The van der Waals surface area contributed by atoms with Crippen molar-refractivity contribution in [2.75, 3.05) is 26.2 Å². The molecule has 0 aromatic rings. The van der Waals surface area contributed by atoms with Crippen molar-refractivity contribution in [3.8, 4) is 0 Å². The molecule has 1 unspecified atom stereocenters. The summed E-state index contributed by atoms with van der Waals surface area (Å²) < 4.78 is 0. The zero-order valence-corrected chi connectivity index (χ0v) is 11.7. The Morgan fingerprint density at radius 1 is 1.31 bits per heavy atom. The van der Waals surface area contributed by atoms with Crippen LogP contribution in [0.3, 0.4) is 0 Å². The molecule has 2 nitrogen and oxygen atoms in total. The molecule has 1 N–H and O–H groups in total. The molecule has 0 aromatic carbocycles. The first-order valence-electron chi connectivity index (χ1n) is 7.00. The van der Waals surface area contributed by atoms with Gasteiger partial charge >= 0.3 is 0 Å². The summed E-state index contributed by atoms with van der Waals surface area (Å²) >= 11 is 0. The monoisotopic (exact) mass is 226 g/mol. The largest absolute Gasteiger partial charge is 0.314 e. The number of piperazine rings is 1. The van der Waals surface area contributed by atoms with E-state index in [9.17, 15) is 0 Å². The molecular formula is C14H30N2. The van der Waals surface area contributed by atoms with Gasteiger partial charge in [-0.25, -0.2) is 0 Å². The van der Waals surface area contributed by atoms with Gasteiger partial charge in [-0.3, -0.25) is 4.90 Å². The summed E-state index contributed by atoms with van der Waals surface area (Å²) in [5.41, 5.74) is 0.487. The first-order chi connectivity index (χ1) is 7.55. The molecular weight excluding hydrogens is 196 g/mol. The average molecular weight is 226 g/mol. The van der Waals surface area contributed by atoms with Crippen molar-refractivity contribution in [1.82, 2.24) is 10.2 Å². The predicted molar refractivity (Wildman–Crippen MR) is 71.8 cm³/mol. The Kier molecular flexibility index (Phi) is 5.77. The normalized spacial score (nSPS) is 23.6. The van der Waals surface area contributed by atoms with Gasteiger partial charge in [0.2, 0.25) is 0 Å². The molecule has 0 radical (unpaired) electrons. The summed E-state index contributed by atoms with van der Waals surface area (Å²) in [6.45, 7) is 14.3. The molecule has 0 bridgehead atoms. The average Bonchev–Trinajstić information content (AvgIpc) is 2.21. The van der Waals surface area contributed by atoms with E-state index in [1.54, 1.807) is 0 Å². The number of hydrogen-bond donors (Lipinski definition) is 1. The van der Waals surface area contributed by atoms with Gasteiger partial charge in [0, 0.05) is 32.2 Å². The first kappa shape index (κ1) is 14.0. The molecule has 0 aromatic heterocycles. The van der Waals surface area contributed by atoms with Crippen molar-refractivity contribution >= 4 is 0 Å². The van der Waals surface area contributed by atoms with Crippen molar-refractivity contribution in [2.45, 2.75) is 59.4 Å². The Balaban J connectivity index is 2.31. The smallest absolute Gasteiger partial charge is 0.0193 e. The van der Waals surface area contributed by atoms with Crippen LogP contribution in [0, 0.1) is 5.41 Å². The van der Waals surface area contributed by atoms with Crippen LogP contribution in [0.2, 0.25) is 0 Å². The molecule has 1 fully saturated rings. The Morgan fingerprint density at radius 2 is 2.06 bits per heavy atom. The maximum absolute atomic E-state index is 3.46. The highest BCUT2D eigenvalue weighted by Gasteiger charge is 2.25. The van der Waals surface area contributed by atoms with Gasteiger partial charge in [-0.15, -0.1) is 0 Å². The van der Waals surface area contributed by atoms with Crippen LogP contribution in [0.4, 0.5) is 0 Å². The quantitative estimate of drug-likeness (QED) is 0.701. The molecule has 1 aliphatic heterocycles. The Bertz CT molecular complexity index is 189. The van der Waals surface area contributed by atoms with Crippen LogP contribution in [-0.4, -0.2) is 37.1 Å². The summed E-state index contributed by atoms with van der Waals surface area (Å²) in [7, 11) is 0. The molecule has 0 amide bonds. The summed E-state index contributed by atoms with van der Waals surface area (Å²) in [5, 5.41) is 3.46. The van der Waals surface area contributed by atoms with Gasteiger partial charge in [-0.05, 0) is 18.8 Å². The van der Waals surface area contributed by atoms with Crippen LogP contribution in [-0.2, 0) is 0 Å². The maximum atomic E-state index is 3.46. The number of nitrogens with one attached hydrogen (secondary N) is 1. The van der Waals surface area contributed by atoms with Gasteiger partial charge < -0.3 is 5.32 Å². The molecule has 0 aliphatic carbocycles. The van der Waals surface area contributed by atoms with Gasteiger partial charge in [0.25, 0.3) is 0 Å². The second-order valence-electron chi connectivity index (χ2n) is 6.14. The van der Waals surface area contributed by atoms with Crippen molar-refractivity contribution in [2.24, 2.45) is 5.41 Å². The lowest BCUT2D eigenvalue weighted by atomic mass is 9.85. The van der Waals surface area contributed by atoms with Crippen LogP contribution in [0.1, 0.15) is 53.4 Å². The van der Waals surface area contributed by atoms with E-state index in [1.807, 2.05) is 0 Å². The molecule has 2 heteroatoms. The summed E-state index contributed by atoms with van der Waals surface area (Å²) in [5.74, 6) is 0.